The first-order chi connectivity index (χ1) is 9.83. The number of aryl methyl sites for hydroxylation is 2. The van der Waals surface area contributed by atoms with Gasteiger partial charge in [-0.3, -0.25) is 9.52 Å². The van der Waals surface area contributed by atoms with Gasteiger partial charge in [-0.1, -0.05) is 0 Å². The molecule has 0 saturated heterocycles. The van der Waals surface area contributed by atoms with E-state index in [4.69, 9.17) is 4.74 Å². The molecule has 2 N–H and O–H groups in total. The molecule has 0 spiro atoms. The number of hydrogen-bond acceptors (Lipinski definition) is 4. The quantitative estimate of drug-likeness (QED) is 0.901. The Hall–Kier alpha value is -2.28. The molecule has 0 aliphatic heterocycles. The molecule has 0 radical (unpaired) electrons. The van der Waals surface area contributed by atoms with E-state index in [1.165, 1.54) is 25.4 Å². The second-order valence-electron chi connectivity index (χ2n) is 4.63. The summed E-state index contributed by atoms with van der Waals surface area (Å²) in [6.45, 7) is 3.47. The number of H-pyrrole nitrogens is 1. The van der Waals surface area contributed by atoms with Gasteiger partial charge in [0, 0.05) is 12.3 Å². The number of nitrogens with one attached hydrogen (secondary N) is 2. The maximum atomic E-state index is 12.4. The third-order valence-corrected chi connectivity index (χ3v) is 4.54. The van der Waals surface area contributed by atoms with E-state index >= 15 is 0 Å². The first kappa shape index (κ1) is 15.1. The van der Waals surface area contributed by atoms with Crippen LogP contribution in [0.5, 0.6) is 5.75 Å². The third kappa shape index (κ3) is 3.25. The van der Waals surface area contributed by atoms with Crippen LogP contribution in [0.4, 0.5) is 5.69 Å². The van der Waals surface area contributed by atoms with E-state index in [1.807, 2.05) is 0 Å². The Balaban J connectivity index is 2.42. The fourth-order valence-corrected chi connectivity index (χ4v) is 3.32. The molecule has 0 saturated carbocycles. The number of rotatable bonds is 4. The van der Waals surface area contributed by atoms with Crippen LogP contribution in [-0.4, -0.2) is 20.5 Å². The summed E-state index contributed by atoms with van der Waals surface area (Å²) in [6, 6.07) is 5.89. The van der Waals surface area contributed by atoms with Gasteiger partial charge in [0.05, 0.1) is 17.7 Å². The summed E-state index contributed by atoms with van der Waals surface area (Å²) in [4.78, 5) is 13.6. The van der Waals surface area contributed by atoms with Crippen LogP contribution in [0.15, 0.2) is 40.2 Å². The van der Waals surface area contributed by atoms with Crippen molar-refractivity contribution < 1.29 is 13.2 Å². The standard InChI is InChI=1S/C14H16N2O4S/c1-9-7-13(10(2)6-12(9)20-3)21(18,19)16-11-4-5-14(17)15-8-11/h4-8,16H,1-3H3,(H,15,17). The first-order valence-electron chi connectivity index (χ1n) is 6.20. The van der Waals surface area contributed by atoms with E-state index in [9.17, 15) is 13.2 Å². The Morgan fingerprint density at radius 2 is 1.86 bits per heavy atom. The van der Waals surface area contributed by atoms with Gasteiger partial charge in [-0.2, -0.15) is 0 Å². The van der Waals surface area contributed by atoms with Crippen molar-refractivity contribution in [3.63, 3.8) is 0 Å². The lowest BCUT2D eigenvalue weighted by Crippen LogP contribution is -2.16. The van der Waals surface area contributed by atoms with Crippen molar-refractivity contribution in [1.82, 2.24) is 4.98 Å². The van der Waals surface area contributed by atoms with Gasteiger partial charge in [-0.05, 0) is 43.2 Å². The maximum absolute atomic E-state index is 12.4. The van der Waals surface area contributed by atoms with Crippen LogP contribution in [0.25, 0.3) is 0 Å². The Morgan fingerprint density at radius 1 is 1.14 bits per heavy atom. The molecular formula is C14H16N2O4S. The number of anilines is 1. The predicted octanol–water partition coefficient (Wildman–Crippen LogP) is 1.80. The van der Waals surface area contributed by atoms with E-state index in [0.717, 1.165) is 5.56 Å². The Bertz CT molecular complexity index is 805. The van der Waals surface area contributed by atoms with Gasteiger partial charge in [-0.15, -0.1) is 0 Å². The number of aromatic amines is 1. The Labute approximate surface area is 122 Å². The molecule has 2 aromatic rings. The molecule has 112 valence electrons. The topological polar surface area (TPSA) is 88.3 Å². The zero-order valence-corrected chi connectivity index (χ0v) is 12.7. The lowest BCUT2D eigenvalue weighted by atomic mass is 10.1. The normalized spacial score (nSPS) is 11.2. The average Bonchev–Trinajstić information content (AvgIpc) is 2.43. The molecule has 7 heteroatoms. The van der Waals surface area contributed by atoms with Crippen LogP contribution < -0.4 is 15.0 Å². The molecule has 0 atom stereocenters. The summed E-state index contributed by atoms with van der Waals surface area (Å²) in [5.41, 5.74) is 1.30. The van der Waals surface area contributed by atoms with Crippen molar-refractivity contribution in [2.75, 3.05) is 11.8 Å². The molecule has 6 nitrogen and oxygen atoms in total. The van der Waals surface area contributed by atoms with Crippen molar-refractivity contribution in [2.45, 2.75) is 18.7 Å². The number of methoxy groups -OCH3 is 1. The van der Waals surface area contributed by atoms with E-state index in [2.05, 4.69) is 9.71 Å². The monoisotopic (exact) mass is 308 g/mol. The number of sulfonamides is 1. The van der Waals surface area contributed by atoms with Gasteiger partial charge in [-0.25, -0.2) is 8.42 Å². The Kier molecular flexibility index (Phi) is 4.04. The molecule has 2 rings (SSSR count). The van der Waals surface area contributed by atoms with Crippen molar-refractivity contribution in [3.8, 4) is 5.75 Å². The summed E-state index contributed by atoms with van der Waals surface area (Å²) < 4.78 is 32.4. The fraction of sp³-hybridized carbons (Fsp3) is 0.214. The maximum Gasteiger partial charge on any atom is 0.262 e. The minimum absolute atomic E-state index is 0.173. The van der Waals surface area contributed by atoms with Crippen molar-refractivity contribution in [2.24, 2.45) is 0 Å². The molecule has 0 fully saturated rings. The minimum Gasteiger partial charge on any atom is -0.496 e. The molecule has 0 unspecified atom stereocenters. The van der Waals surface area contributed by atoms with Gasteiger partial charge in [0.2, 0.25) is 5.56 Å². The molecular weight excluding hydrogens is 292 g/mol. The largest absolute Gasteiger partial charge is 0.496 e. The second-order valence-corrected chi connectivity index (χ2v) is 6.29. The molecule has 0 amide bonds. The molecule has 21 heavy (non-hydrogen) atoms. The number of aromatic nitrogens is 1. The van der Waals surface area contributed by atoms with Crippen LogP contribution in [-0.2, 0) is 10.0 Å². The number of ether oxygens (including phenoxy) is 1. The van der Waals surface area contributed by atoms with Gasteiger partial charge < -0.3 is 9.72 Å². The SMILES string of the molecule is COc1cc(C)c(S(=O)(=O)Nc2ccc(=O)[nH]c2)cc1C. The molecule has 1 aromatic heterocycles. The third-order valence-electron chi connectivity index (χ3n) is 3.02. The van der Waals surface area contributed by atoms with E-state index in [0.29, 0.717) is 17.0 Å². The van der Waals surface area contributed by atoms with E-state index < -0.39 is 10.0 Å². The molecule has 1 aromatic carbocycles. The summed E-state index contributed by atoms with van der Waals surface area (Å²) in [6.07, 6.45) is 1.31. The van der Waals surface area contributed by atoms with Crippen LogP contribution >= 0.6 is 0 Å². The van der Waals surface area contributed by atoms with E-state index in [-0.39, 0.29) is 10.5 Å². The van der Waals surface area contributed by atoms with Crippen molar-refractivity contribution in [1.29, 1.82) is 0 Å². The van der Waals surface area contributed by atoms with Gasteiger partial charge in [0.15, 0.2) is 0 Å². The minimum atomic E-state index is -3.73. The highest BCUT2D eigenvalue weighted by atomic mass is 32.2. The molecule has 1 heterocycles. The zero-order valence-electron chi connectivity index (χ0n) is 11.9. The first-order valence-corrected chi connectivity index (χ1v) is 7.68. The lowest BCUT2D eigenvalue weighted by Gasteiger charge is -2.13. The Morgan fingerprint density at radius 3 is 2.43 bits per heavy atom. The molecule has 0 aliphatic carbocycles. The van der Waals surface area contributed by atoms with Gasteiger partial charge >= 0.3 is 0 Å². The number of benzene rings is 1. The van der Waals surface area contributed by atoms with Crippen LogP contribution in [0, 0.1) is 13.8 Å². The summed E-state index contributed by atoms with van der Waals surface area (Å²) in [5, 5.41) is 0. The van der Waals surface area contributed by atoms with Crippen molar-refractivity contribution >= 4 is 15.7 Å². The van der Waals surface area contributed by atoms with Gasteiger partial charge in [0.25, 0.3) is 10.0 Å². The fourth-order valence-electron chi connectivity index (χ4n) is 1.96. The number of pyridine rings is 1. The highest BCUT2D eigenvalue weighted by molar-refractivity contribution is 7.92. The second kappa shape index (κ2) is 5.61. The average molecular weight is 308 g/mol. The smallest absolute Gasteiger partial charge is 0.262 e. The molecule has 0 aliphatic rings. The zero-order chi connectivity index (χ0) is 15.6. The summed E-state index contributed by atoms with van der Waals surface area (Å²) in [5.74, 6) is 0.635. The highest BCUT2D eigenvalue weighted by Crippen LogP contribution is 2.26. The van der Waals surface area contributed by atoms with Crippen molar-refractivity contribution in [3.05, 3.63) is 51.9 Å². The highest BCUT2D eigenvalue weighted by Gasteiger charge is 2.19. The predicted molar refractivity (Wildman–Crippen MR) is 80.3 cm³/mol. The van der Waals surface area contributed by atoms with Crippen LogP contribution in [0.2, 0.25) is 0 Å². The van der Waals surface area contributed by atoms with Crippen LogP contribution in [0.1, 0.15) is 11.1 Å². The van der Waals surface area contributed by atoms with Crippen LogP contribution in [0.3, 0.4) is 0 Å². The van der Waals surface area contributed by atoms with Gasteiger partial charge in [0.1, 0.15) is 5.75 Å². The summed E-state index contributed by atoms with van der Waals surface area (Å²) >= 11 is 0. The number of hydrogen-bond donors (Lipinski definition) is 2. The summed E-state index contributed by atoms with van der Waals surface area (Å²) in [7, 11) is -2.20. The lowest BCUT2D eigenvalue weighted by molar-refractivity contribution is 0.411. The van der Waals surface area contributed by atoms with E-state index in [1.54, 1.807) is 26.0 Å². The molecule has 0 bridgehead atoms.